The Bertz CT molecular complexity index is 1690. The average molecular weight is 683 g/mol. The molecular weight excluding hydrogens is 648 g/mol. The van der Waals surface area contributed by atoms with Crippen molar-refractivity contribution in [2.75, 3.05) is 20.3 Å². The largest absolute Gasteiger partial charge is 0.508 e. The molecule has 5 rings (SSSR count). The molecule has 0 radical (unpaired) electrons. The molecule has 1 aromatic heterocycles. The predicted octanol–water partition coefficient (Wildman–Crippen LogP) is -1.84. The minimum absolute atomic E-state index is 0.0391. The Morgan fingerprint density at radius 2 is 1.54 bits per heavy atom. The molecule has 9 N–H and O–H groups in total. The first kappa shape index (κ1) is 35.1. The SMILES string of the molecule is COc1cc(-c2oc3cc(O)cc(O)c3c(=O)c2OC2OC(COC3OC(CO)C(O)C(O)C3OC(C)=O)C(O)C(O)C2O)ccc1O. The first-order chi connectivity index (χ1) is 22.7. The molecule has 2 aliphatic heterocycles. The molecule has 2 aliphatic rings. The van der Waals surface area contributed by atoms with Crippen molar-refractivity contribution < 1.29 is 83.6 Å². The number of phenolic OH excluding ortho intramolecular Hbond substituents is 3. The van der Waals surface area contributed by atoms with Crippen molar-refractivity contribution in [2.45, 2.75) is 68.3 Å². The van der Waals surface area contributed by atoms with Crippen molar-refractivity contribution in [1.82, 2.24) is 0 Å². The van der Waals surface area contributed by atoms with Crippen LogP contribution in [0.15, 0.2) is 39.5 Å². The van der Waals surface area contributed by atoms with Crippen LogP contribution in [0, 0.1) is 0 Å². The molecule has 3 aromatic rings. The molecule has 18 heteroatoms. The number of carbonyl (C=O) groups excluding carboxylic acids is 1. The summed E-state index contributed by atoms with van der Waals surface area (Å²) in [5.41, 5.74) is -1.21. The normalized spacial score (nSPS) is 30.6. The molecule has 0 spiro atoms. The molecule has 0 saturated carbocycles. The third-order valence-electron chi connectivity index (χ3n) is 7.81. The van der Waals surface area contributed by atoms with Crippen LogP contribution >= 0.6 is 0 Å². The highest BCUT2D eigenvalue weighted by molar-refractivity contribution is 5.88. The Kier molecular flexibility index (Phi) is 10.3. The first-order valence-corrected chi connectivity index (χ1v) is 14.4. The number of aliphatic hydroxyl groups is 6. The number of phenols is 3. The lowest BCUT2D eigenvalue weighted by Crippen LogP contribution is -2.62. The van der Waals surface area contributed by atoms with Gasteiger partial charge in [-0.1, -0.05) is 0 Å². The smallest absolute Gasteiger partial charge is 0.303 e. The lowest BCUT2D eigenvalue weighted by Gasteiger charge is -2.43. The summed E-state index contributed by atoms with van der Waals surface area (Å²) in [5, 5.41) is 92.5. The zero-order valence-corrected chi connectivity index (χ0v) is 25.3. The molecule has 0 amide bonds. The van der Waals surface area contributed by atoms with Crippen molar-refractivity contribution in [3.8, 4) is 40.1 Å². The number of ether oxygens (including phenoxy) is 6. The van der Waals surface area contributed by atoms with E-state index in [-0.39, 0.29) is 28.4 Å². The van der Waals surface area contributed by atoms with Crippen molar-refractivity contribution in [3.63, 3.8) is 0 Å². The van der Waals surface area contributed by atoms with Crippen LogP contribution in [0.25, 0.3) is 22.3 Å². The van der Waals surface area contributed by atoms with E-state index in [1.54, 1.807) is 0 Å². The predicted molar refractivity (Wildman–Crippen MR) is 156 cm³/mol. The molecule has 0 aliphatic carbocycles. The fourth-order valence-electron chi connectivity index (χ4n) is 5.35. The van der Waals surface area contributed by atoms with E-state index in [2.05, 4.69) is 0 Å². The molecule has 48 heavy (non-hydrogen) atoms. The van der Waals surface area contributed by atoms with Gasteiger partial charge in [-0.05, 0) is 18.2 Å². The van der Waals surface area contributed by atoms with Gasteiger partial charge in [0.25, 0.3) is 0 Å². The van der Waals surface area contributed by atoms with Gasteiger partial charge in [-0.3, -0.25) is 9.59 Å². The third kappa shape index (κ3) is 6.70. The third-order valence-corrected chi connectivity index (χ3v) is 7.81. The zero-order chi connectivity index (χ0) is 35.0. The highest BCUT2D eigenvalue weighted by atomic mass is 16.7. The molecule has 2 fully saturated rings. The van der Waals surface area contributed by atoms with Crippen molar-refractivity contribution in [3.05, 3.63) is 40.6 Å². The molecule has 10 unspecified atom stereocenters. The van der Waals surface area contributed by atoms with Gasteiger partial charge in [0.15, 0.2) is 29.7 Å². The molecule has 3 heterocycles. The van der Waals surface area contributed by atoms with Gasteiger partial charge < -0.3 is 78.8 Å². The summed E-state index contributed by atoms with van der Waals surface area (Å²) in [7, 11) is 1.27. The van der Waals surface area contributed by atoms with Crippen LogP contribution in [0.3, 0.4) is 0 Å². The van der Waals surface area contributed by atoms with Gasteiger partial charge in [-0.25, -0.2) is 0 Å². The molecular formula is C30H34O18. The van der Waals surface area contributed by atoms with Gasteiger partial charge in [0.1, 0.15) is 65.2 Å². The van der Waals surface area contributed by atoms with Crippen molar-refractivity contribution >= 4 is 16.9 Å². The van der Waals surface area contributed by atoms with E-state index in [0.29, 0.717) is 0 Å². The fourth-order valence-corrected chi connectivity index (χ4v) is 5.35. The number of hydrogen-bond acceptors (Lipinski definition) is 18. The van der Waals surface area contributed by atoms with Crippen LogP contribution in [-0.2, 0) is 23.7 Å². The average Bonchev–Trinajstić information content (AvgIpc) is 3.04. The second kappa shape index (κ2) is 14.1. The maximum absolute atomic E-state index is 13.8. The van der Waals surface area contributed by atoms with Crippen LogP contribution in [-0.4, -0.2) is 134 Å². The molecule has 2 aromatic carbocycles. The van der Waals surface area contributed by atoms with Crippen LogP contribution in [0.1, 0.15) is 6.92 Å². The van der Waals surface area contributed by atoms with E-state index >= 15 is 0 Å². The zero-order valence-electron chi connectivity index (χ0n) is 25.3. The standard InChI is InChI=1S/C30H34O18/c1-10(32)44-28-24(40)20(36)17(8-31)46-30(28)43-9-18-21(37)23(39)25(41)29(47-18)48-27-22(38)19-14(35)6-12(33)7-16(19)45-26(27)11-3-4-13(34)15(5-11)42-2/h3-7,17-18,20-21,23-25,28-31,33-37,39-41H,8-9H2,1-2H3. The van der Waals surface area contributed by atoms with Crippen LogP contribution < -0.4 is 14.9 Å². The van der Waals surface area contributed by atoms with Gasteiger partial charge in [0.2, 0.25) is 17.5 Å². The summed E-state index contributed by atoms with van der Waals surface area (Å²) in [6.45, 7) is -0.425. The summed E-state index contributed by atoms with van der Waals surface area (Å²) in [6, 6.07) is 5.74. The van der Waals surface area contributed by atoms with Gasteiger partial charge in [0.05, 0.1) is 20.3 Å². The Morgan fingerprint density at radius 3 is 2.21 bits per heavy atom. The Labute approximate surface area is 270 Å². The molecule has 2 saturated heterocycles. The number of benzene rings is 2. The lowest BCUT2D eigenvalue weighted by atomic mass is 9.98. The number of rotatable bonds is 9. The first-order valence-electron chi connectivity index (χ1n) is 14.4. The summed E-state index contributed by atoms with van der Waals surface area (Å²) in [5.74, 6) is -3.32. The minimum atomic E-state index is -2.00. The van der Waals surface area contributed by atoms with E-state index < -0.39 is 109 Å². The second-order valence-corrected chi connectivity index (χ2v) is 11.1. The molecule has 0 bridgehead atoms. The lowest BCUT2D eigenvalue weighted by molar-refractivity contribution is -0.324. The number of aromatic hydroxyl groups is 3. The maximum Gasteiger partial charge on any atom is 0.303 e. The number of methoxy groups -OCH3 is 1. The van der Waals surface area contributed by atoms with E-state index in [1.807, 2.05) is 0 Å². The van der Waals surface area contributed by atoms with Gasteiger partial charge in [-0.2, -0.15) is 0 Å². The van der Waals surface area contributed by atoms with Gasteiger partial charge >= 0.3 is 5.97 Å². The Morgan fingerprint density at radius 1 is 0.854 bits per heavy atom. The van der Waals surface area contributed by atoms with Crippen LogP contribution in [0.4, 0.5) is 0 Å². The molecule has 10 atom stereocenters. The highest BCUT2D eigenvalue weighted by Crippen LogP contribution is 2.40. The summed E-state index contributed by atoms with van der Waals surface area (Å²) in [6.07, 6.45) is -17.3. The van der Waals surface area contributed by atoms with Crippen molar-refractivity contribution in [2.24, 2.45) is 0 Å². The van der Waals surface area contributed by atoms with Gasteiger partial charge in [0, 0.05) is 24.6 Å². The van der Waals surface area contributed by atoms with Crippen LogP contribution in [0.2, 0.25) is 0 Å². The summed E-state index contributed by atoms with van der Waals surface area (Å²) in [4.78, 5) is 25.4. The molecule has 18 nitrogen and oxygen atoms in total. The quantitative estimate of drug-likeness (QED) is 0.112. The number of hydrogen-bond donors (Lipinski definition) is 9. The van der Waals surface area contributed by atoms with Crippen LogP contribution in [0.5, 0.6) is 28.7 Å². The Hall–Kier alpha value is -4.24. The summed E-state index contributed by atoms with van der Waals surface area (Å²) < 4.78 is 38.5. The maximum atomic E-state index is 13.8. The number of carbonyl (C=O) groups is 1. The topological polar surface area (TPSA) is 285 Å². The summed E-state index contributed by atoms with van der Waals surface area (Å²) >= 11 is 0. The van der Waals surface area contributed by atoms with Gasteiger partial charge in [-0.15, -0.1) is 0 Å². The monoisotopic (exact) mass is 682 g/mol. The van der Waals surface area contributed by atoms with E-state index in [9.17, 15) is 55.5 Å². The van der Waals surface area contributed by atoms with E-state index in [1.165, 1.54) is 25.3 Å². The fraction of sp³-hybridized carbons (Fsp3) is 0.467. The Balaban J connectivity index is 1.48. The number of fused-ring (bicyclic) bond motifs is 1. The highest BCUT2D eigenvalue weighted by Gasteiger charge is 2.49. The van der Waals surface area contributed by atoms with Crippen molar-refractivity contribution in [1.29, 1.82) is 0 Å². The van der Waals surface area contributed by atoms with E-state index in [4.69, 9.17) is 32.8 Å². The minimum Gasteiger partial charge on any atom is -0.508 e. The number of aliphatic hydroxyl groups excluding tert-OH is 6. The number of esters is 1. The second-order valence-electron chi connectivity index (χ2n) is 11.1. The molecule has 262 valence electrons. The van der Waals surface area contributed by atoms with E-state index in [0.717, 1.165) is 19.1 Å².